The fraction of sp³-hybridized carbons (Fsp3) is 0.250. The van der Waals surface area contributed by atoms with Crippen molar-refractivity contribution in [2.75, 3.05) is 13.2 Å². The van der Waals surface area contributed by atoms with Crippen molar-refractivity contribution in [3.63, 3.8) is 0 Å². The maximum atomic E-state index is 5.77. The molecule has 4 aromatic rings. The quantitative estimate of drug-likeness (QED) is 0.195. The number of nitrogens with zero attached hydrogens (tertiary/aromatic N) is 4. The van der Waals surface area contributed by atoms with Gasteiger partial charge in [0.1, 0.15) is 40.1 Å². The summed E-state index contributed by atoms with van der Waals surface area (Å²) >= 11 is 9.20. The average Bonchev–Trinajstić information content (AvgIpc) is 3.13. The Morgan fingerprint density at radius 2 is 1.42 bits per heavy atom. The van der Waals surface area contributed by atoms with Gasteiger partial charge in [-0.2, -0.15) is 0 Å². The second kappa shape index (κ2) is 9.42. The Morgan fingerprint density at radius 3 is 2.06 bits per heavy atom. The van der Waals surface area contributed by atoms with Gasteiger partial charge < -0.3 is 18.6 Å². The highest BCUT2D eigenvalue weighted by Gasteiger charge is 2.20. The van der Waals surface area contributed by atoms with Crippen LogP contribution in [0.25, 0.3) is 22.8 Å². The van der Waals surface area contributed by atoms with E-state index in [1.54, 1.807) is 0 Å². The molecule has 4 heterocycles. The Labute approximate surface area is 222 Å². The highest BCUT2D eigenvalue weighted by atomic mass is 127. The largest absolute Gasteiger partial charge is 0.491 e. The smallest absolute Gasteiger partial charge is 0.145 e. The summed E-state index contributed by atoms with van der Waals surface area (Å²) in [6.45, 7) is 7.25. The van der Waals surface area contributed by atoms with Crippen LogP contribution in [-0.2, 0) is 13.1 Å². The van der Waals surface area contributed by atoms with Crippen LogP contribution in [0.2, 0.25) is 0 Å². The molecule has 2 aliphatic rings. The molecule has 0 aliphatic carbocycles. The van der Waals surface area contributed by atoms with Gasteiger partial charge in [0.15, 0.2) is 0 Å². The summed E-state index contributed by atoms with van der Waals surface area (Å²) in [5.41, 5.74) is 4.51. The maximum Gasteiger partial charge on any atom is 0.145 e. The molecular weight excluding hydrogens is 663 g/mol. The zero-order valence-corrected chi connectivity index (χ0v) is 23.4. The van der Waals surface area contributed by atoms with Gasteiger partial charge in [0.2, 0.25) is 0 Å². The van der Waals surface area contributed by atoms with Crippen LogP contribution in [0.5, 0.6) is 11.5 Å². The van der Waals surface area contributed by atoms with Gasteiger partial charge in [-0.05, 0) is 72.8 Å². The van der Waals surface area contributed by atoms with Crippen molar-refractivity contribution in [2.45, 2.75) is 26.9 Å². The van der Waals surface area contributed by atoms with Gasteiger partial charge in [0.25, 0.3) is 0 Å². The van der Waals surface area contributed by atoms with E-state index in [0.717, 1.165) is 60.0 Å². The molecule has 0 N–H and O–H groups in total. The minimum Gasteiger partial charge on any atom is -0.491 e. The summed E-state index contributed by atoms with van der Waals surface area (Å²) in [6.07, 6.45) is 1.91. The van der Waals surface area contributed by atoms with Crippen molar-refractivity contribution in [3.05, 3.63) is 66.6 Å². The van der Waals surface area contributed by atoms with Gasteiger partial charge in [-0.15, -0.1) is 0 Å². The monoisotopic (exact) mass is 682 g/mol. The second-order valence-corrected chi connectivity index (χ2v) is 10.7. The molecule has 2 aliphatic heterocycles. The number of hydrogen-bond acceptors (Lipinski definition) is 4. The number of imidazole rings is 2. The van der Waals surface area contributed by atoms with E-state index in [4.69, 9.17) is 9.47 Å². The normalized spacial score (nSPS) is 13.6. The summed E-state index contributed by atoms with van der Waals surface area (Å²) in [4.78, 5) is 9.09. The van der Waals surface area contributed by atoms with Crippen molar-refractivity contribution in [1.82, 2.24) is 19.1 Å². The molecule has 0 spiro atoms. The molecule has 33 heavy (non-hydrogen) atoms. The lowest BCUT2D eigenvalue weighted by Crippen LogP contribution is -2.07. The first-order valence-electron chi connectivity index (χ1n) is 10.5. The van der Waals surface area contributed by atoms with Gasteiger partial charge in [-0.1, -0.05) is 31.9 Å². The van der Waals surface area contributed by atoms with Crippen LogP contribution in [0.3, 0.4) is 0 Å². The number of halogens is 3. The molecule has 0 amide bonds. The lowest BCUT2D eigenvalue weighted by atomic mass is 10.2. The van der Waals surface area contributed by atoms with Crippen molar-refractivity contribution < 1.29 is 9.47 Å². The first kappa shape index (κ1) is 22.9. The molecule has 9 heteroatoms. The van der Waals surface area contributed by atoms with Crippen LogP contribution in [0, 0.1) is 17.5 Å². The van der Waals surface area contributed by atoms with Crippen LogP contribution < -0.4 is 9.47 Å². The minimum absolute atomic E-state index is 0.684. The van der Waals surface area contributed by atoms with Crippen molar-refractivity contribution in [1.29, 1.82) is 0 Å². The molecular formula is C24H21Br2IN4O2. The van der Waals surface area contributed by atoms with Crippen LogP contribution in [0.4, 0.5) is 0 Å². The highest BCUT2D eigenvalue weighted by molar-refractivity contribution is 14.1. The number of fused-ring (bicyclic) bond motifs is 6. The summed E-state index contributed by atoms with van der Waals surface area (Å²) < 4.78 is 19.0. The average molecular weight is 684 g/mol. The van der Waals surface area contributed by atoms with Crippen molar-refractivity contribution in [3.8, 4) is 34.3 Å². The Bertz CT molecular complexity index is 1350. The molecule has 2 aromatic heterocycles. The maximum absolute atomic E-state index is 5.77. The van der Waals surface area contributed by atoms with Crippen LogP contribution >= 0.6 is 54.5 Å². The van der Waals surface area contributed by atoms with E-state index in [1.165, 1.54) is 11.4 Å². The fourth-order valence-corrected chi connectivity index (χ4v) is 5.24. The number of benzene rings is 2. The number of aromatic nitrogens is 4. The van der Waals surface area contributed by atoms with E-state index in [0.29, 0.717) is 13.2 Å². The molecule has 170 valence electrons. The van der Waals surface area contributed by atoms with E-state index >= 15 is 0 Å². The lowest BCUT2D eigenvalue weighted by molar-refractivity contribution is 0.305. The number of hydrogen-bond donors (Lipinski definition) is 0. The molecule has 2 aromatic carbocycles. The van der Waals surface area contributed by atoms with E-state index in [1.807, 2.05) is 36.5 Å². The SMILES string of the molecule is Cc1c(I)nc2n1CCOc1cc(Br)ccc1-2.Cc1cnc2n1CCOc1cc(Br)ccc1-2. The molecule has 0 saturated carbocycles. The van der Waals surface area contributed by atoms with Gasteiger partial charge >= 0.3 is 0 Å². The predicted octanol–water partition coefficient (Wildman–Crippen LogP) is 6.63. The molecule has 0 fully saturated rings. The number of rotatable bonds is 0. The molecule has 0 radical (unpaired) electrons. The topological polar surface area (TPSA) is 54.1 Å². The molecule has 6 rings (SSSR count). The number of ether oxygens (including phenoxy) is 2. The Morgan fingerprint density at radius 1 is 0.848 bits per heavy atom. The molecule has 0 unspecified atom stereocenters. The van der Waals surface area contributed by atoms with Crippen molar-refractivity contribution in [2.24, 2.45) is 0 Å². The molecule has 0 bridgehead atoms. The molecule has 0 saturated heterocycles. The Hall–Kier alpha value is -1.85. The third kappa shape index (κ3) is 4.46. The van der Waals surface area contributed by atoms with Gasteiger partial charge in [0.05, 0.1) is 24.2 Å². The van der Waals surface area contributed by atoms with Crippen LogP contribution in [-0.4, -0.2) is 32.3 Å². The van der Waals surface area contributed by atoms with E-state index in [9.17, 15) is 0 Å². The van der Waals surface area contributed by atoms with Crippen LogP contribution in [0.15, 0.2) is 51.5 Å². The molecule has 6 nitrogen and oxygen atoms in total. The second-order valence-electron chi connectivity index (χ2n) is 7.82. The molecule has 0 atom stereocenters. The lowest BCUT2D eigenvalue weighted by Gasteiger charge is -2.05. The summed E-state index contributed by atoms with van der Waals surface area (Å²) in [6, 6.07) is 12.1. The standard InChI is InChI=1S/C12H10BrIN2O.C12H11BrN2O/c1-7-11(14)15-12-9-3-2-8(13)6-10(9)17-5-4-16(7)12;1-8-7-14-12-10-3-2-9(13)6-11(10)16-5-4-15(8)12/h2-3,6H,4-5H2,1H3;2-3,6-7H,4-5H2,1H3. The van der Waals surface area contributed by atoms with Gasteiger partial charge in [-0.25, -0.2) is 9.97 Å². The third-order valence-electron chi connectivity index (χ3n) is 5.73. The van der Waals surface area contributed by atoms with Crippen molar-refractivity contribution >= 4 is 54.5 Å². The first-order valence-corrected chi connectivity index (χ1v) is 13.2. The van der Waals surface area contributed by atoms with E-state index in [2.05, 4.69) is 93.5 Å². The zero-order valence-electron chi connectivity index (χ0n) is 18.1. The van der Waals surface area contributed by atoms with E-state index in [-0.39, 0.29) is 0 Å². The third-order valence-corrected chi connectivity index (χ3v) is 7.74. The first-order chi connectivity index (χ1) is 15.9. The van der Waals surface area contributed by atoms with Gasteiger partial charge in [0, 0.05) is 26.5 Å². The minimum atomic E-state index is 0.684. The fourth-order valence-electron chi connectivity index (χ4n) is 4.04. The highest BCUT2D eigenvalue weighted by Crippen LogP contribution is 2.36. The Balaban J connectivity index is 0.000000139. The zero-order chi connectivity index (χ0) is 23.1. The summed E-state index contributed by atoms with van der Waals surface area (Å²) in [7, 11) is 0. The number of aryl methyl sites for hydroxylation is 1. The van der Waals surface area contributed by atoms with Gasteiger partial charge in [-0.3, -0.25) is 0 Å². The Kier molecular flexibility index (Phi) is 6.54. The summed E-state index contributed by atoms with van der Waals surface area (Å²) in [5.74, 6) is 3.81. The van der Waals surface area contributed by atoms with Crippen LogP contribution in [0.1, 0.15) is 11.4 Å². The summed E-state index contributed by atoms with van der Waals surface area (Å²) in [5, 5.41) is 0. The van der Waals surface area contributed by atoms with E-state index < -0.39 is 0 Å². The predicted molar refractivity (Wildman–Crippen MR) is 144 cm³/mol.